The first kappa shape index (κ1) is 17.4. The summed E-state index contributed by atoms with van der Waals surface area (Å²) in [5, 5.41) is 3.40. The number of aromatic nitrogens is 1. The maximum atomic E-state index is 6.26. The molecule has 3 aromatic rings. The largest absolute Gasteiger partial charge is 0.440 e. The number of piperidine rings is 1. The van der Waals surface area contributed by atoms with Crippen LogP contribution in [0.25, 0.3) is 22.6 Å². The number of hydrogen-bond donors (Lipinski definition) is 1. The second kappa shape index (κ2) is 8.63. The van der Waals surface area contributed by atoms with E-state index >= 15 is 0 Å². The average molecular weight is 334 g/mol. The lowest BCUT2D eigenvalue weighted by Crippen LogP contribution is -2.26. The third kappa shape index (κ3) is 3.99. The smallest absolute Gasteiger partial charge is 0.198 e. The Hall–Kier alpha value is -2.39. The van der Waals surface area contributed by atoms with Gasteiger partial charge < -0.3 is 9.73 Å². The standard InChI is InChI=1S/C20H20N2O.C2H6/c1-3-7-15(8-4-1)18-19(16-9-5-2-6-10-16)23-20(22-18)17-11-13-21-14-12-17;1-2/h1-10,17,21H,11-14H2;1-2H3. The van der Waals surface area contributed by atoms with Crippen LogP contribution < -0.4 is 5.32 Å². The Morgan fingerprint density at radius 2 is 1.40 bits per heavy atom. The van der Waals surface area contributed by atoms with Gasteiger partial charge in [0.1, 0.15) is 5.69 Å². The van der Waals surface area contributed by atoms with E-state index in [-0.39, 0.29) is 0 Å². The maximum Gasteiger partial charge on any atom is 0.198 e. The molecule has 0 bridgehead atoms. The molecule has 0 atom stereocenters. The molecule has 1 fully saturated rings. The molecule has 0 spiro atoms. The maximum absolute atomic E-state index is 6.26. The molecule has 0 unspecified atom stereocenters. The molecule has 2 aromatic carbocycles. The van der Waals surface area contributed by atoms with Gasteiger partial charge in [0, 0.05) is 17.0 Å². The molecule has 1 aliphatic heterocycles. The molecule has 0 radical (unpaired) electrons. The van der Waals surface area contributed by atoms with Gasteiger partial charge in [-0.05, 0) is 25.9 Å². The fraction of sp³-hybridized carbons (Fsp3) is 0.318. The van der Waals surface area contributed by atoms with Crippen molar-refractivity contribution in [3.8, 4) is 22.6 Å². The van der Waals surface area contributed by atoms with E-state index in [1.165, 1.54) is 0 Å². The van der Waals surface area contributed by atoms with E-state index in [2.05, 4.69) is 29.6 Å². The molecule has 0 amide bonds. The Balaban J connectivity index is 0.000000880. The number of oxazole rings is 1. The third-order valence-electron chi connectivity index (χ3n) is 4.42. The van der Waals surface area contributed by atoms with Gasteiger partial charge >= 0.3 is 0 Å². The molecule has 25 heavy (non-hydrogen) atoms. The van der Waals surface area contributed by atoms with Crippen LogP contribution in [-0.2, 0) is 0 Å². The lowest BCUT2D eigenvalue weighted by molar-refractivity contribution is 0.378. The van der Waals surface area contributed by atoms with Crippen molar-refractivity contribution in [2.24, 2.45) is 0 Å². The van der Waals surface area contributed by atoms with Crippen LogP contribution in [0.5, 0.6) is 0 Å². The molecule has 0 saturated carbocycles. The van der Waals surface area contributed by atoms with E-state index in [0.717, 1.165) is 54.4 Å². The van der Waals surface area contributed by atoms with Gasteiger partial charge in [0.25, 0.3) is 0 Å². The lowest BCUT2D eigenvalue weighted by atomic mass is 9.98. The van der Waals surface area contributed by atoms with Crippen LogP contribution in [0, 0.1) is 0 Å². The van der Waals surface area contributed by atoms with E-state index in [0.29, 0.717) is 5.92 Å². The summed E-state index contributed by atoms with van der Waals surface area (Å²) in [7, 11) is 0. The SMILES string of the molecule is CC.c1ccc(-c2nc(C3CCNCC3)oc2-c2ccccc2)cc1. The van der Waals surface area contributed by atoms with Gasteiger partial charge in [-0.25, -0.2) is 4.98 Å². The number of nitrogens with one attached hydrogen (secondary N) is 1. The Labute approximate surface area is 150 Å². The van der Waals surface area contributed by atoms with Crippen molar-refractivity contribution in [2.45, 2.75) is 32.6 Å². The number of benzene rings is 2. The van der Waals surface area contributed by atoms with Gasteiger partial charge in [-0.3, -0.25) is 0 Å². The van der Waals surface area contributed by atoms with Gasteiger partial charge in [0.05, 0.1) is 0 Å². The van der Waals surface area contributed by atoms with E-state index in [1.807, 2.05) is 50.2 Å². The fourth-order valence-corrected chi connectivity index (χ4v) is 3.16. The number of hydrogen-bond acceptors (Lipinski definition) is 3. The number of rotatable bonds is 3. The van der Waals surface area contributed by atoms with Crippen LogP contribution >= 0.6 is 0 Å². The molecule has 1 aromatic heterocycles. The van der Waals surface area contributed by atoms with Crippen molar-refractivity contribution in [1.82, 2.24) is 10.3 Å². The van der Waals surface area contributed by atoms with Crippen molar-refractivity contribution in [2.75, 3.05) is 13.1 Å². The summed E-state index contributed by atoms with van der Waals surface area (Å²) in [6.45, 7) is 6.07. The highest BCUT2D eigenvalue weighted by molar-refractivity contribution is 5.76. The second-order valence-corrected chi connectivity index (χ2v) is 5.99. The second-order valence-electron chi connectivity index (χ2n) is 5.99. The molecular weight excluding hydrogens is 308 g/mol. The normalized spacial score (nSPS) is 14.6. The van der Waals surface area contributed by atoms with Crippen molar-refractivity contribution in [1.29, 1.82) is 0 Å². The zero-order chi connectivity index (χ0) is 17.5. The molecule has 1 N–H and O–H groups in total. The molecule has 3 heteroatoms. The summed E-state index contributed by atoms with van der Waals surface area (Å²) < 4.78 is 6.26. The summed E-state index contributed by atoms with van der Waals surface area (Å²) in [6.07, 6.45) is 2.17. The highest BCUT2D eigenvalue weighted by Gasteiger charge is 2.24. The summed E-state index contributed by atoms with van der Waals surface area (Å²) in [5.41, 5.74) is 3.14. The topological polar surface area (TPSA) is 38.1 Å². The van der Waals surface area contributed by atoms with Crippen molar-refractivity contribution >= 4 is 0 Å². The molecule has 3 nitrogen and oxygen atoms in total. The van der Waals surface area contributed by atoms with Gasteiger partial charge in [0.15, 0.2) is 11.7 Å². The minimum Gasteiger partial charge on any atom is -0.440 e. The quantitative estimate of drug-likeness (QED) is 0.687. The van der Waals surface area contributed by atoms with Crippen LogP contribution in [0.4, 0.5) is 0 Å². The minimum atomic E-state index is 0.413. The highest BCUT2D eigenvalue weighted by Crippen LogP contribution is 2.36. The van der Waals surface area contributed by atoms with E-state index in [1.54, 1.807) is 0 Å². The first-order chi connectivity index (χ1) is 12.4. The van der Waals surface area contributed by atoms with E-state index in [9.17, 15) is 0 Å². The Bertz CT molecular complexity index is 702. The summed E-state index contributed by atoms with van der Waals surface area (Å²) >= 11 is 0. The Kier molecular flexibility index (Phi) is 6.02. The van der Waals surface area contributed by atoms with Gasteiger partial charge in [0.2, 0.25) is 0 Å². The third-order valence-corrected chi connectivity index (χ3v) is 4.42. The van der Waals surface area contributed by atoms with E-state index < -0.39 is 0 Å². The molecule has 4 rings (SSSR count). The predicted molar refractivity (Wildman–Crippen MR) is 104 cm³/mol. The predicted octanol–water partition coefficient (Wildman–Crippen LogP) is 5.50. The molecule has 130 valence electrons. The molecule has 2 heterocycles. The molecule has 1 aliphatic rings. The summed E-state index contributed by atoms with van der Waals surface area (Å²) in [4.78, 5) is 4.89. The zero-order valence-electron chi connectivity index (χ0n) is 15.0. The van der Waals surface area contributed by atoms with Crippen LogP contribution in [0.15, 0.2) is 65.1 Å². The van der Waals surface area contributed by atoms with Gasteiger partial charge in [-0.2, -0.15) is 0 Å². The molecule has 1 saturated heterocycles. The lowest BCUT2D eigenvalue weighted by Gasteiger charge is -2.19. The summed E-state index contributed by atoms with van der Waals surface area (Å²) in [6, 6.07) is 20.6. The average Bonchev–Trinajstić information content (AvgIpc) is 3.17. The van der Waals surface area contributed by atoms with Crippen LogP contribution in [-0.4, -0.2) is 18.1 Å². The Morgan fingerprint density at radius 1 is 0.840 bits per heavy atom. The van der Waals surface area contributed by atoms with Gasteiger partial charge in [-0.15, -0.1) is 0 Å². The fourth-order valence-electron chi connectivity index (χ4n) is 3.16. The number of nitrogens with zero attached hydrogens (tertiary/aromatic N) is 1. The molecule has 0 aliphatic carbocycles. The van der Waals surface area contributed by atoms with Crippen molar-refractivity contribution in [3.05, 3.63) is 66.6 Å². The monoisotopic (exact) mass is 334 g/mol. The van der Waals surface area contributed by atoms with Crippen LogP contribution in [0.1, 0.15) is 38.5 Å². The van der Waals surface area contributed by atoms with Crippen molar-refractivity contribution < 1.29 is 4.42 Å². The molecular formula is C22H26N2O. The Morgan fingerprint density at radius 3 is 2.00 bits per heavy atom. The summed E-state index contributed by atoms with van der Waals surface area (Å²) in [5.74, 6) is 2.17. The first-order valence-electron chi connectivity index (χ1n) is 9.24. The zero-order valence-corrected chi connectivity index (χ0v) is 15.0. The first-order valence-corrected chi connectivity index (χ1v) is 9.24. The van der Waals surface area contributed by atoms with Gasteiger partial charge in [-0.1, -0.05) is 74.5 Å². The highest BCUT2D eigenvalue weighted by atomic mass is 16.4. The van der Waals surface area contributed by atoms with E-state index in [4.69, 9.17) is 9.40 Å². The van der Waals surface area contributed by atoms with Crippen molar-refractivity contribution in [3.63, 3.8) is 0 Å². The van der Waals surface area contributed by atoms with Crippen LogP contribution in [0.2, 0.25) is 0 Å². The minimum absolute atomic E-state index is 0.413. The van der Waals surface area contributed by atoms with Crippen LogP contribution in [0.3, 0.4) is 0 Å².